The molecule has 0 amide bonds. The first-order chi connectivity index (χ1) is 8.34. The Balaban J connectivity index is 2.00. The van der Waals surface area contributed by atoms with Gasteiger partial charge in [0, 0.05) is 30.4 Å². The number of benzene rings is 1. The molecular formula is C14H16N2O. The molecule has 3 rings (SSSR count). The second-order valence-corrected chi connectivity index (χ2v) is 4.57. The van der Waals surface area contributed by atoms with Crippen molar-refractivity contribution in [1.29, 1.82) is 0 Å². The van der Waals surface area contributed by atoms with E-state index in [2.05, 4.69) is 28.1 Å². The minimum Gasteiger partial charge on any atom is -0.393 e. The van der Waals surface area contributed by atoms with Gasteiger partial charge in [-0.3, -0.25) is 4.98 Å². The molecule has 1 N–H and O–H groups in total. The topological polar surface area (TPSA) is 36.4 Å². The fraction of sp³-hybridized carbons (Fsp3) is 0.357. The summed E-state index contributed by atoms with van der Waals surface area (Å²) < 4.78 is 0. The molecule has 2 aromatic rings. The number of nitrogens with zero attached hydrogens (tertiary/aromatic N) is 2. The maximum atomic E-state index is 9.55. The van der Waals surface area contributed by atoms with E-state index >= 15 is 0 Å². The van der Waals surface area contributed by atoms with Crippen LogP contribution in [0.15, 0.2) is 36.5 Å². The summed E-state index contributed by atoms with van der Waals surface area (Å²) in [5, 5.41) is 10.7. The molecule has 1 aliphatic heterocycles. The summed E-state index contributed by atoms with van der Waals surface area (Å²) in [6.45, 7) is 1.85. The molecule has 3 nitrogen and oxygen atoms in total. The fourth-order valence-electron chi connectivity index (χ4n) is 2.47. The fourth-order valence-corrected chi connectivity index (χ4v) is 2.47. The number of aliphatic hydroxyl groups is 1. The van der Waals surface area contributed by atoms with Gasteiger partial charge in [0.1, 0.15) is 0 Å². The normalized spacial score (nSPS) is 17.6. The number of aliphatic hydroxyl groups excluding tert-OH is 1. The number of pyridine rings is 1. The summed E-state index contributed by atoms with van der Waals surface area (Å²) in [7, 11) is 0. The van der Waals surface area contributed by atoms with Crippen molar-refractivity contribution in [2.24, 2.45) is 0 Å². The van der Waals surface area contributed by atoms with Crippen LogP contribution in [-0.4, -0.2) is 29.3 Å². The third-order valence-electron chi connectivity index (χ3n) is 3.43. The summed E-state index contributed by atoms with van der Waals surface area (Å²) in [4.78, 5) is 6.72. The smallest absolute Gasteiger partial charge is 0.0722 e. The lowest BCUT2D eigenvalue weighted by molar-refractivity contribution is 0.145. The predicted molar refractivity (Wildman–Crippen MR) is 69.2 cm³/mol. The van der Waals surface area contributed by atoms with Crippen molar-refractivity contribution in [2.45, 2.75) is 18.9 Å². The Hall–Kier alpha value is -1.61. The van der Waals surface area contributed by atoms with Crippen molar-refractivity contribution in [3.63, 3.8) is 0 Å². The van der Waals surface area contributed by atoms with E-state index in [0.29, 0.717) is 0 Å². The first-order valence-electron chi connectivity index (χ1n) is 6.11. The van der Waals surface area contributed by atoms with E-state index in [-0.39, 0.29) is 6.10 Å². The minimum atomic E-state index is -0.126. The second kappa shape index (κ2) is 4.34. The van der Waals surface area contributed by atoms with Gasteiger partial charge in [-0.25, -0.2) is 0 Å². The highest BCUT2D eigenvalue weighted by molar-refractivity contribution is 5.91. The summed E-state index contributed by atoms with van der Waals surface area (Å²) in [6.07, 6.45) is 3.42. The molecule has 1 aliphatic rings. The number of fused-ring (bicyclic) bond motifs is 1. The zero-order valence-corrected chi connectivity index (χ0v) is 9.71. The van der Waals surface area contributed by atoms with Gasteiger partial charge in [0.25, 0.3) is 0 Å². The molecule has 1 aromatic carbocycles. The van der Waals surface area contributed by atoms with Crippen molar-refractivity contribution in [2.75, 3.05) is 18.0 Å². The Morgan fingerprint density at radius 3 is 2.76 bits per heavy atom. The lowest BCUT2D eigenvalue weighted by Gasteiger charge is -2.32. The van der Waals surface area contributed by atoms with Crippen LogP contribution in [0, 0.1) is 0 Å². The zero-order chi connectivity index (χ0) is 11.7. The number of aromatic nitrogens is 1. The third kappa shape index (κ3) is 1.98. The molecule has 0 atom stereocenters. The van der Waals surface area contributed by atoms with Crippen LogP contribution in [0.25, 0.3) is 10.9 Å². The van der Waals surface area contributed by atoms with Crippen LogP contribution >= 0.6 is 0 Å². The second-order valence-electron chi connectivity index (χ2n) is 4.57. The number of rotatable bonds is 1. The van der Waals surface area contributed by atoms with Gasteiger partial charge in [0.2, 0.25) is 0 Å². The van der Waals surface area contributed by atoms with Crippen LogP contribution in [0.5, 0.6) is 0 Å². The van der Waals surface area contributed by atoms with Crippen molar-refractivity contribution in [1.82, 2.24) is 4.98 Å². The van der Waals surface area contributed by atoms with Crippen molar-refractivity contribution in [3.05, 3.63) is 36.5 Å². The Morgan fingerprint density at radius 1 is 1.12 bits per heavy atom. The molecule has 0 spiro atoms. The molecule has 1 fully saturated rings. The van der Waals surface area contributed by atoms with Gasteiger partial charge >= 0.3 is 0 Å². The molecule has 0 radical (unpaired) electrons. The summed E-state index contributed by atoms with van der Waals surface area (Å²) in [6, 6.07) is 10.3. The van der Waals surface area contributed by atoms with Gasteiger partial charge in [-0.15, -0.1) is 0 Å². The zero-order valence-electron chi connectivity index (χ0n) is 9.71. The van der Waals surface area contributed by atoms with Gasteiger partial charge in [-0.05, 0) is 37.1 Å². The highest BCUT2D eigenvalue weighted by Gasteiger charge is 2.18. The monoisotopic (exact) mass is 228 g/mol. The van der Waals surface area contributed by atoms with Gasteiger partial charge in [-0.1, -0.05) is 6.07 Å². The molecular weight excluding hydrogens is 212 g/mol. The molecule has 1 aromatic heterocycles. The molecule has 2 heterocycles. The largest absolute Gasteiger partial charge is 0.393 e. The van der Waals surface area contributed by atoms with E-state index < -0.39 is 0 Å². The summed E-state index contributed by atoms with van der Waals surface area (Å²) >= 11 is 0. The number of hydrogen-bond donors (Lipinski definition) is 1. The molecule has 1 saturated heterocycles. The molecule has 0 saturated carbocycles. The van der Waals surface area contributed by atoms with E-state index in [9.17, 15) is 5.11 Å². The van der Waals surface area contributed by atoms with E-state index in [1.54, 1.807) is 0 Å². The molecule has 0 unspecified atom stereocenters. The molecule has 3 heteroatoms. The van der Waals surface area contributed by atoms with Crippen LogP contribution in [0.2, 0.25) is 0 Å². The van der Waals surface area contributed by atoms with Gasteiger partial charge in [-0.2, -0.15) is 0 Å². The van der Waals surface area contributed by atoms with Crippen LogP contribution in [0.1, 0.15) is 12.8 Å². The third-order valence-corrected chi connectivity index (χ3v) is 3.43. The Kier molecular flexibility index (Phi) is 2.69. The van der Waals surface area contributed by atoms with Gasteiger partial charge in [0.05, 0.1) is 11.6 Å². The Labute approximate surface area is 101 Å². The van der Waals surface area contributed by atoms with Crippen molar-refractivity contribution in [3.8, 4) is 0 Å². The van der Waals surface area contributed by atoms with Gasteiger partial charge < -0.3 is 10.0 Å². The quantitative estimate of drug-likeness (QED) is 0.813. The van der Waals surface area contributed by atoms with Crippen LogP contribution in [-0.2, 0) is 0 Å². The maximum absolute atomic E-state index is 9.55. The molecule has 0 bridgehead atoms. The lowest BCUT2D eigenvalue weighted by Crippen LogP contribution is -2.35. The molecule has 88 valence electrons. The van der Waals surface area contributed by atoms with E-state index in [4.69, 9.17) is 0 Å². The number of piperidine rings is 1. The van der Waals surface area contributed by atoms with Crippen LogP contribution < -0.4 is 4.90 Å². The van der Waals surface area contributed by atoms with E-state index in [1.807, 2.05) is 18.3 Å². The Bertz CT molecular complexity index is 513. The van der Waals surface area contributed by atoms with Gasteiger partial charge in [0.15, 0.2) is 0 Å². The first-order valence-corrected chi connectivity index (χ1v) is 6.11. The summed E-state index contributed by atoms with van der Waals surface area (Å²) in [5.74, 6) is 0. The number of hydrogen-bond acceptors (Lipinski definition) is 3. The summed E-state index contributed by atoms with van der Waals surface area (Å²) in [5.41, 5.74) is 2.28. The van der Waals surface area contributed by atoms with E-state index in [0.717, 1.165) is 31.4 Å². The highest BCUT2D eigenvalue weighted by Crippen LogP contribution is 2.27. The van der Waals surface area contributed by atoms with E-state index in [1.165, 1.54) is 11.1 Å². The maximum Gasteiger partial charge on any atom is 0.0722 e. The highest BCUT2D eigenvalue weighted by atomic mass is 16.3. The van der Waals surface area contributed by atoms with Crippen LogP contribution in [0.3, 0.4) is 0 Å². The first kappa shape index (κ1) is 10.5. The molecule has 17 heavy (non-hydrogen) atoms. The van der Waals surface area contributed by atoms with Crippen molar-refractivity contribution < 1.29 is 5.11 Å². The molecule has 0 aliphatic carbocycles. The minimum absolute atomic E-state index is 0.126. The number of anilines is 1. The average molecular weight is 228 g/mol. The Morgan fingerprint density at radius 2 is 1.94 bits per heavy atom. The lowest BCUT2D eigenvalue weighted by atomic mass is 10.1. The predicted octanol–water partition coefficient (Wildman–Crippen LogP) is 2.20. The standard InChI is InChI=1S/C14H16N2O/c17-11-6-9-16(10-7-11)14-5-1-4-13-12(14)3-2-8-15-13/h1-5,8,11,17H,6-7,9-10H2. The SMILES string of the molecule is OC1CCN(c2cccc3ncccc23)CC1. The van der Waals surface area contributed by atoms with Crippen LogP contribution in [0.4, 0.5) is 5.69 Å². The van der Waals surface area contributed by atoms with Crippen molar-refractivity contribution >= 4 is 16.6 Å². The average Bonchev–Trinajstić information content (AvgIpc) is 2.39.